The maximum atomic E-state index is 14.6. The SMILES string of the molecule is COc1ccccc1-c1cnc(NC(C)(C)C)c2c(F)c(F)c(F)cc12. The molecule has 136 valence electrons. The van der Waals surface area contributed by atoms with Gasteiger partial charge in [0.2, 0.25) is 0 Å². The molecule has 0 aliphatic carbocycles. The molecule has 6 heteroatoms. The van der Waals surface area contributed by atoms with E-state index in [1.807, 2.05) is 20.8 Å². The van der Waals surface area contributed by atoms with Crippen molar-refractivity contribution in [3.8, 4) is 16.9 Å². The molecular weight excluding hydrogens is 341 g/mol. The largest absolute Gasteiger partial charge is 0.496 e. The van der Waals surface area contributed by atoms with Crippen LogP contribution in [0, 0.1) is 17.5 Å². The molecule has 3 nitrogen and oxygen atoms in total. The molecule has 0 atom stereocenters. The van der Waals surface area contributed by atoms with E-state index in [-0.39, 0.29) is 16.6 Å². The number of fused-ring (bicyclic) bond motifs is 1. The van der Waals surface area contributed by atoms with Crippen LogP contribution in [0.2, 0.25) is 0 Å². The number of halogens is 3. The van der Waals surface area contributed by atoms with Crippen molar-refractivity contribution in [1.29, 1.82) is 0 Å². The summed E-state index contributed by atoms with van der Waals surface area (Å²) in [6.07, 6.45) is 1.51. The third kappa shape index (κ3) is 3.19. The van der Waals surface area contributed by atoms with Gasteiger partial charge < -0.3 is 10.1 Å². The summed E-state index contributed by atoms with van der Waals surface area (Å²) in [6.45, 7) is 5.60. The van der Waals surface area contributed by atoms with Gasteiger partial charge in [-0.05, 0) is 32.9 Å². The lowest BCUT2D eigenvalue weighted by atomic mass is 9.98. The summed E-state index contributed by atoms with van der Waals surface area (Å²) >= 11 is 0. The maximum Gasteiger partial charge on any atom is 0.195 e. The van der Waals surface area contributed by atoms with E-state index in [4.69, 9.17) is 4.74 Å². The van der Waals surface area contributed by atoms with Crippen molar-refractivity contribution >= 4 is 16.6 Å². The van der Waals surface area contributed by atoms with Gasteiger partial charge in [-0.1, -0.05) is 18.2 Å². The quantitative estimate of drug-likeness (QED) is 0.623. The molecule has 0 unspecified atom stereocenters. The summed E-state index contributed by atoms with van der Waals surface area (Å²) in [7, 11) is 1.50. The van der Waals surface area contributed by atoms with Gasteiger partial charge in [-0.15, -0.1) is 0 Å². The van der Waals surface area contributed by atoms with Gasteiger partial charge in [-0.2, -0.15) is 0 Å². The van der Waals surface area contributed by atoms with Crippen molar-refractivity contribution in [2.75, 3.05) is 12.4 Å². The predicted octanol–water partition coefficient (Wildman–Crippen LogP) is 5.54. The molecule has 3 rings (SSSR count). The second kappa shape index (κ2) is 6.52. The highest BCUT2D eigenvalue weighted by molar-refractivity contribution is 6.03. The molecule has 1 N–H and O–H groups in total. The van der Waals surface area contributed by atoms with Crippen molar-refractivity contribution in [3.05, 3.63) is 54.0 Å². The lowest BCUT2D eigenvalue weighted by molar-refractivity contribution is 0.416. The Bertz CT molecular complexity index is 981. The molecule has 0 bridgehead atoms. The molecule has 0 saturated carbocycles. The number of methoxy groups -OCH3 is 1. The number of nitrogens with zero attached hydrogens (tertiary/aromatic N) is 1. The van der Waals surface area contributed by atoms with E-state index in [1.165, 1.54) is 13.3 Å². The Kier molecular flexibility index (Phi) is 4.52. The first-order valence-electron chi connectivity index (χ1n) is 8.10. The zero-order chi connectivity index (χ0) is 19.1. The van der Waals surface area contributed by atoms with Gasteiger partial charge in [0.1, 0.15) is 11.6 Å². The Hall–Kier alpha value is -2.76. The smallest absolute Gasteiger partial charge is 0.195 e. The van der Waals surface area contributed by atoms with Crippen LogP contribution in [-0.4, -0.2) is 17.6 Å². The highest BCUT2D eigenvalue weighted by atomic mass is 19.2. The van der Waals surface area contributed by atoms with Gasteiger partial charge >= 0.3 is 0 Å². The van der Waals surface area contributed by atoms with Crippen LogP contribution in [0.15, 0.2) is 36.5 Å². The summed E-state index contributed by atoms with van der Waals surface area (Å²) < 4.78 is 47.9. The third-order valence-electron chi connectivity index (χ3n) is 3.90. The van der Waals surface area contributed by atoms with E-state index in [9.17, 15) is 13.2 Å². The molecule has 0 radical (unpaired) electrons. The fraction of sp³-hybridized carbons (Fsp3) is 0.250. The standard InChI is InChI=1S/C20H19F3N2O/c1-20(2,3)25-19-16-12(9-14(21)17(22)18(16)23)13(10-24-19)11-7-5-6-8-15(11)26-4/h5-10H,1-4H3,(H,24,25). The first kappa shape index (κ1) is 18.0. The third-order valence-corrected chi connectivity index (χ3v) is 3.90. The molecule has 0 saturated heterocycles. The van der Waals surface area contributed by atoms with Gasteiger partial charge in [0.25, 0.3) is 0 Å². The second-order valence-corrected chi connectivity index (χ2v) is 7.00. The van der Waals surface area contributed by atoms with Crippen LogP contribution in [0.4, 0.5) is 19.0 Å². The Morgan fingerprint density at radius 3 is 2.35 bits per heavy atom. The topological polar surface area (TPSA) is 34.1 Å². The number of benzene rings is 2. The van der Waals surface area contributed by atoms with Gasteiger partial charge in [-0.25, -0.2) is 18.2 Å². The summed E-state index contributed by atoms with van der Waals surface area (Å²) in [6, 6.07) is 8.05. The molecule has 3 aromatic rings. The van der Waals surface area contributed by atoms with Crippen molar-refractivity contribution in [3.63, 3.8) is 0 Å². The number of aromatic nitrogens is 1. The molecule has 2 aromatic carbocycles. The minimum absolute atomic E-state index is 0.0952. The Morgan fingerprint density at radius 1 is 1.00 bits per heavy atom. The van der Waals surface area contributed by atoms with E-state index >= 15 is 0 Å². The van der Waals surface area contributed by atoms with E-state index in [2.05, 4.69) is 10.3 Å². The number of ether oxygens (including phenoxy) is 1. The van der Waals surface area contributed by atoms with Crippen LogP contribution in [-0.2, 0) is 0 Å². The first-order valence-corrected chi connectivity index (χ1v) is 8.10. The number of nitrogens with one attached hydrogen (secondary N) is 1. The molecular formula is C20H19F3N2O. The van der Waals surface area contributed by atoms with Crippen LogP contribution in [0.1, 0.15) is 20.8 Å². The summed E-state index contributed by atoms with van der Waals surface area (Å²) in [5, 5.41) is 3.17. The van der Waals surface area contributed by atoms with Crippen LogP contribution < -0.4 is 10.1 Å². The van der Waals surface area contributed by atoms with Crippen molar-refractivity contribution < 1.29 is 17.9 Å². The molecule has 0 aliphatic heterocycles. The van der Waals surface area contributed by atoms with Crippen LogP contribution in [0.25, 0.3) is 21.9 Å². The van der Waals surface area contributed by atoms with Crippen LogP contribution in [0.5, 0.6) is 5.75 Å². The van der Waals surface area contributed by atoms with Gasteiger partial charge in [-0.3, -0.25) is 0 Å². The van der Waals surface area contributed by atoms with E-state index in [1.54, 1.807) is 24.3 Å². The summed E-state index contributed by atoms with van der Waals surface area (Å²) in [4.78, 5) is 4.28. The minimum atomic E-state index is -1.52. The molecule has 26 heavy (non-hydrogen) atoms. The molecule has 0 fully saturated rings. The highest BCUT2D eigenvalue weighted by Crippen LogP contribution is 2.39. The van der Waals surface area contributed by atoms with Crippen LogP contribution >= 0.6 is 0 Å². The number of rotatable bonds is 3. The zero-order valence-corrected chi connectivity index (χ0v) is 15.0. The Balaban J connectivity index is 2.39. The molecule has 1 heterocycles. The van der Waals surface area contributed by atoms with Gasteiger partial charge in [0.05, 0.1) is 12.5 Å². The second-order valence-electron chi connectivity index (χ2n) is 7.00. The Labute approximate surface area is 149 Å². The lowest BCUT2D eigenvalue weighted by Crippen LogP contribution is -2.27. The normalized spacial score (nSPS) is 11.7. The summed E-state index contributed by atoms with van der Waals surface area (Å²) in [5.74, 6) is -3.36. The molecule has 0 amide bonds. The number of pyridine rings is 1. The average molecular weight is 360 g/mol. The zero-order valence-electron chi connectivity index (χ0n) is 15.0. The monoisotopic (exact) mass is 360 g/mol. The number of hydrogen-bond donors (Lipinski definition) is 1. The number of hydrogen-bond acceptors (Lipinski definition) is 3. The van der Waals surface area contributed by atoms with Crippen molar-refractivity contribution in [2.45, 2.75) is 26.3 Å². The van der Waals surface area contributed by atoms with Gasteiger partial charge in [0, 0.05) is 28.2 Å². The van der Waals surface area contributed by atoms with Gasteiger partial charge in [0.15, 0.2) is 17.5 Å². The van der Waals surface area contributed by atoms with E-state index < -0.39 is 23.0 Å². The molecule has 0 aliphatic rings. The maximum absolute atomic E-state index is 14.6. The van der Waals surface area contributed by atoms with Crippen molar-refractivity contribution in [1.82, 2.24) is 4.98 Å². The average Bonchev–Trinajstić information content (AvgIpc) is 2.58. The van der Waals surface area contributed by atoms with E-state index in [0.29, 0.717) is 16.9 Å². The van der Waals surface area contributed by atoms with Crippen molar-refractivity contribution in [2.24, 2.45) is 0 Å². The summed E-state index contributed by atoms with van der Waals surface area (Å²) in [5.41, 5.74) is 0.623. The minimum Gasteiger partial charge on any atom is -0.496 e. The molecule has 1 aromatic heterocycles. The number of anilines is 1. The fourth-order valence-electron chi connectivity index (χ4n) is 2.83. The lowest BCUT2D eigenvalue weighted by Gasteiger charge is -2.23. The fourth-order valence-corrected chi connectivity index (χ4v) is 2.83. The number of para-hydroxylation sites is 1. The predicted molar refractivity (Wildman–Crippen MR) is 97.0 cm³/mol. The highest BCUT2D eigenvalue weighted by Gasteiger charge is 2.23. The van der Waals surface area contributed by atoms with Crippen LogP contribution in [0.3, 0.4) is 0 Å². The molecule has 0 spiro atoms. The first-order chi connectivity index (χ1) is 12.2. The van der Waals surface area contributed by atoms with E-state index in [0.717, 1.165) is 6.07 Å². The Morgan fingerprint density at radius 2 is 1.69 bits per heavy atom.